The Morgan fingerprint density at radius 3 is 2.65 bits per heavy atom. The number of hydrogen-bond acceptors (Lipinski definition) is 4. The third kappa shape index (κ3) is 2.44. The predicted octanol–water partition coefficient (Wildman–Crippen LogP) is 1.61. The lowest BCUT2D eigenvalue weighted by molar-refractivity contribution is 0.567. The second kappa shape index (κ2) is 5.75. The average Bonchev–Trinajstić information content (AvgIpc) is 3.15. The van der Waals surface area contributed by atoms with Gasteiger partial charge in [0, 0.05) is 26.2 Å². The Hall–Kier alpha value is -2.83. The van der Waals surface area contributed by atoms with Crippen molar-refractivity contribution in [3.05, 3.63) is 50.8 Å². The molecule has 0 atom stereocenters. The van der Waals surface area contributed by atoms with E-state index in [1.54, 1.807) is 34.8 Å². The molecule has 0 saturated heterocycles. The highest BCUT2D eigenvalue weighted by molar-refractivity contribution is 5.76. The van der Waals surface area contributed by atoms with E-state index in [4.69, 9.17) is 4.42 Å². The maximum absolute atomic E-state index is 12.4. The first-order valence-corrected chi connectivity index (χ1v) is 7.41. The van der Waals surface area contributed by atoms with Gasteiger partial charge in [0.25, 0.3) is 5.56 Å². The zero-order valence-electron chi connectivity index (χ0n) is 13.3. The maximum atomic E-state index is 12.4. The first kappa shape index (κ1) is 15.1. The van der Waals surface area contributed by atoms with Crippen LogP contribution in [-0.2, 0) is 20.6 Å². The lowest BCUT2D eigenvalue weighted by Crippen LogP contribution is -2.38. The van der Waals surface area contributed by atoms with Gasteiger partial charge in [-0.15, -0.1) is 0 Å². The van der Waals surface area contributed by atoms with Crippen molar-refractivity contribution in [1.29, 1.82) is 0 Å². The van der Waals surface area contributed by atoms with Crippen molar-refractivity contribution in [3.63, 3.8) is 0 Å². The van der Waals surface area contributed by atoms with Gasteiger partial charge in [0.05, 0.1) is 12.5 Å². The third-order valence-corrected chi connectivity index (χ3v) is 3.81. The molecule has 0 aromatic carbocycles. The van der Waals surface area contributed by atoms with Gasteiger partial charge in [0.15, 0.2) is 11.2 Å². The van der Waals surface area contributed by atoms with E-state index in [1.807, 2.05) is 19.1 Å². The summed E-state index contributed by atoms with van der Waals surface area (Å²) in [5, 5.41) is 0. The van der Waals surface area contributed by atoms with Crippen LogP contribution in [0, 0.1) is 0 Å². The van der Waals surface area contributed by atoms with Gasteiger partial charge < -0.3 is 8.98 Å². The molecule has 120 valence electrons. The van der Waals surface area contributed by atoms with Crippen LogP contribution < -0.4 is 11.2 Å². The zero-order chi connectivity index (χ0) is 16.6. The van der Waals surface area contributed by atoms with Crippen LogP contribution >= 0.6 is 0 Å². The van der Waals surface area contributed by atoms with Gasteiger partial charge in [-0.25, -0.2) is 9.78 Å². The SMILES string of the molecule is CCCn1c(=O)n(C)c(=O)c2c1nc(/C=C/c1ccoc1)n2C. The van der Waals surface area contributed by atoms with Gasteiger partial charge in [-0.05, 0) is 24.6 Å². The van der Waals surface area contributed by atoms with E-state index in [2.05, 4.69) is 4.98 Å². The molecule has 7 heteroatoms. The van der Waals surface area contributed by atoms with Gasteiger partial charge in [-0.1, -0.05) is 6.92 Å². The van der Waals surface area contributed by atoms with E-state index < -0.39 is 0 Å². The summed E-state index contributed by atoms with van der Waals surface area (Å²) in [6.07, 6.45) is 7.63. The van der Waals surface area contributed by atoms with Crippen LogP contribution in [0.1, 0.15) is 24.7 Å². The first-order chi connectivity index (χ1) is 11.0. The standard InChI is InChI=1S/C16H18N4O3/c1-4-8-20-14-13(15(21)19(3)16(20)22)18(2)12(17-14)6-5-11-7-9-23-10-11/h5-7,9-10H,4,8H2,1-3H3/b6-5+. The molecule has 0 aliphatic heterocycles. The number of aromatic nitrogens is 4. The van der Waals surface area contributed by atoms with Gasteiger partial charge in [0.2, 0.25) is 0 Å². The highest BCUT2D eigenvalue weighted by Gasteiger charge is 2.17. The van der Waals surface area contributed by atoms with Crippen molar-refractivity contribution in [2.45, 2.75) is 19.9 Å². The van der Waals surface area contributed by atoms with Gasteiger partial charge in [-0.2, -0.15) is 0 Å². The summed E-state index contributed by atoms with van der Waals surface area (Å²) in [7, 11) is 3.26. The highest BCUT2D eigenvalue weighted by atomic mass is 16.3. The predicted molar refractivity (Wildman–Crippen MR) is 88.1 cm³/mol. The molecule has 0 amide bonds. The Kier molecular flexibility index (Phi) is 3.77. The van der Waals surface area contributed by atoms with Crippen molar-refractivity contribution in [3.8, 4) is 0 Å². The molecule has 0 N–H and O–H groups in total. The summed E-state index contributed by atoms with van der Waals surface area (Å²) in [4.78, 5) is 29.2. The molecule has 3 aromatic heterocycles. The summed E-state index contributed by atoms with van der Waals surface area (Å²) in [6.45, 7) is 2.50. The van der Waals surface area contributed by atoms with Gasteiger partial charge >= 0.3 is 5.69 Å². The van der Waals surface area contributed by atoms with E-state index >= 15 is 0 Å². The molecular weight excluding hydrogens is 296 g/mol. The van der Waals surface area contributed by atoms with Crippen molar-refractivity contribution < 1.29 is 4.42 Å². The lowest BCUT2D eigenvalue weighted by atomic mass is 10.3. The quantitative estimate of drug-likeness (QED) is 0.733. The zero-order valence-corrected chi connectivity index (χ0v) is 13.3. The molecule has 0 aliphatic carbocycles. The smallest absolute Gasteiger partial charge is 0.332 e. The average molecular weight is 314 g/mol. The fraction of sp³-hybridized carbons (Fsp3) is 0.312. The number of fused-ring (bicyclic) bond motifs is 1. The van der Waals surface area contributed by atoms with Crippen molar-refractivity contribution in [2.24, 2.45) is 14.1 Å². The molecule has 0 radical (unpaired) electrons. The summed E-state index contributed by atoms with van der Waals surface area (Å²) in [5.74, 6) is 0.605. The van der Waals surface area contributed by atoms with Gasteiger partial charge in [-0.3, -0.25) is 13.9 Å². The monoisotopic (exact) mass is 314 g/mol. The van der Waals surface area contributed by atoms with Crippen LogP contribution in [0.3, 0.4) is 0 Å². The Balaban J connectivity index is 2.25. The molecule has 0 bridgehead atoms. The van der Waals surface area contributed by atoms with E-state index in [1.165, 1.54) is 7.05 Å². The first-order valence-electron chi connectivity index (χ1n) is 7.41. The molecule has 23 heavy (non-hydrogen) atoms. The molecule has 3 heterocycles. The maximum Gasteiger partial charge on any atom is 0.332 e. The summed E-state index contributed by atoms with van der Waals surface area (Å²) < 4.78 is 9.40. The van der Waals surface area contributed by atoms with Crippen molar-refractivity contribution in [2.75, 3.05) is 0 Å². The highest BCUT2D eigenvalue weighted by Crippen LogP contribution is 2.13. The normalized spacial score (nSPS) is 11.8. The van der Waals surface area contributed by atoms with Crippen LogP contribution in [0.2, 0.25) is 0 Å². The van der Waals surface area contributed by atoms with E-state index in [0.717, 1.165) is 16.6 Å². The molecule has 0 spiro atoms. The molecule has 7 nitrogen and oxygen atoms in total. The largest absolute Gasteiger partial charge is 0.472 e. The van der Waals surface area contributed by atoms with Gasteiger partial charge in [0.1, 0.15) is 5.82 Å². The van der Waals surface area contributed by atoms with E-state index in [9.17, 15) is 9.59 Å². The molecular formula is C16H18N4O3. The van der Waals surface area contributed by atoms with Crippen molar-refractivity contribution in [1.82, 2.24) is 18.7 Å². The third-order valence-electron chi connectivity index (χ3n) is 3.81. The Morgan fingerprint density at radius 2 is 2.00 bits per heavy atom. The number of nitrogens with zero attached hydrogens (tertiary/aromatic N) is 4. The second-order valence-electron chi connectivity index (χ2n) is 5.39. The fourth-order valence-corrected chi connectivity index (χ4v) is 2.56. The van der Waals surface area contributed by atoms with Crippen LogP contribution in [0.5, 0.6) is 0 Å². The molecule has 3 aromatic rings. The number of aryl methyl sites for hydroxylation is 2. The van der Waals surface area contributed by atoms with Crippen LogP contribution in [0.4, 0.5) is 0 Å². The fourth-order valence-electron chi connectivity index (χ4n) is 2.56. The van der Waals surface area contributed by atoms with E-state index in [-0.39, 0.29) is 11.2 Å². The van der Waals surface area contributed by atoms with Crippen molar-refractivity contribution >= 4 is 23.3 Å². The lowest BCUT2D eigenvalue weighted by Gasteiger charge is -2.07. The van der Waals surface area contributed by atoms with Crippen LogP contribution in [0.15, 0.2) is 32.6 Å². The Bertz CT molecular complexity index is 987. The number of hydrogen-bond donors (Lipinski definition) is 0. The number of imidazole rings is 1. The molecule has 0 saturated carbocycles. The second-order valence-corrected chi connectivity index (χ2v) is 5.39. The minimum absolute atomic E-state index is 0.338. The topological polar surface area (TPSA) is 75.0 Å². The summed E-state index contributed by atoms with van der Waals surface area (Å²) in [6, 6.07) is 1.82. The van der Waals surface area contributed by atoms with E-state index in [0.29, 0.717) is 23.5 Å². The molecule has 0 aliphatic rings. The number of furan rings is 1. The molecule has 0 unspecified atom stereocenters. The number of rotatable bonds is 4. The minimum Gasteiger partial charge on any atom is -0.472 e. The minimum atomic E-state index is -0.340. The Labute approximate surface area is 132 Å². The van der Waals surface area contributed by atoms with Crippen LogP contribution in [-0.4, -0.2) is 18.7 Å². The summed E-state index contributed by atoms with van der Waals surface area (Å²) >= 11 is 0. The Morgan fingerprint density at radius 1 is 1.22 bits per heavy atom. The molecule has 0 fully saturated rings. The van der Waals surface area contributed by atoms with Crippen LogP contribution in [0.25, 0.3) is 23.3 Å². The molecule has 3 rings (SSSR count). The summed E-state index contributed by atoms with van der Waals surface area (Å²) in [5.41, 5.74) is 1.07.